The van der Waals surface area contributed by atoms with Crippen molar-refractivity contribution >= 4 is 5.78 Å². The summed E-state index contributed by atoms with van der Waals surface area (Å²) in [7, 11) is 0. The number of nitrogens with zero attached hydrogens (tertiary/aromatic N) is 1. The van der Waals surface area contributed by atoms with Gasteiger partial charge in [-0.1, -0.05) is 91.5 Å². The van der Waals surface area contributed by atoms with Crippen molar-refractivity contribution in [3.63, 3.8) is 0 Å². The van der Waals surface area contributed by atoms with Crippen LogP contribution in [0.1, 0.15) is 24.5 Å². The van der Waals surface area contributed by atoms with E-state index in [0.29, 0.717) is 31.8 Å². The molecule has 0 radical (unpaired) electrons. The molecule has 3 heteroatoms. The number of ketones is 1. The fraction of sp³-hybridized carbons (Fsp3) is 0.192. The second-order valence-electron chi connectivity index (χ2n) is 6.96. The Morgan fingerprint density at radius 1 is 1.00 bits per heavy atom. The lowest BCUT2D eigenvalue weighted by Gasteiger charge is -2.21. The minimum atomic E-state index is 0.00722. The topological polar surface area (TPSA) is 46.3 Å². The molecule has 3 nitrogen and oxygen atoms in total. The maximum atomic E-state index is 12.7. The van der Waals surface area contributed by atoms with E-state index in [1.165, 1.54) is 11.1 Å². The van der Waals surface area contributed by atoms with Crippen LogP contribution in [0.15, 0.2) is 109 Å². The largest absolute Gasteiger partial charge is 0.402 e. The second kappa shape index (κ2) is 12.3. The summed E-state index contributed by atoms with van der Waals surface area (Å²) < 4.78 is 0. The van der Waals surface area contributed by atoms with Gasteiger partial charge < -0.3 is 5.73 Å². The monoisotopic (exact) mass is 386 g/mol. The summed E-state index contributed by atoms with van der Waals surface area (Å²) in [6, 6.07) is 20.4. The van der Waals surface area contributed by atoms with Gasteiger partial charge in [0, 0.05) is 31.3 Å². The zero-order chi connectivity index (χ0) is 20.9. The van der Waals surface area contributed by atoms with Gasteiger partial charge >= 0.3 is 0 Å². The van der Waals surface area contributed by atoms with Crippen molar-refractivity contribution in [2.75, 3.05) is 6.54 Å². The highest BCUT2D eigenvalue weighted by Crippen LogP contribution is 2.12. The van der Waals surface area contributed by atoms with Crippen molar-refractivity contribution in [1.29, 1.82) is 0 Å². The molecule has 29 heavy (non-hydrogen) atoms. The molecule has 2 aromatic carbocycles. The molecule has 0 amide bonds. The zero-order valence-electron chi connectivity index (χ0n) is 17.1. The second-order valence-corrected chi connectivity index (χ2v) is 6.96. The van der Waals surface area contributed by atoms with Crippen LogP contribution in [-0.4, -0.2) is 17.2 Å². The molecule has 0 saturated heterocycles. The van der Waals surface area contributed by atoms with Gasteiger partial charge in [0.05, 0.1) is 6.54 Å². The lowest BCUT2D eigenvalue weighted by molar-refractivity contribution is -0.116. The Balaban J connectivity index is 2.08. The quantitative estimate of drug-likeness (QED) is 0.428. The van der Waals surface area contributed by atoms with Crippen molar-refractivity contribution in [2.45, 2.75) is 26.4 Å². The summed E-state index contributed by atoms with van der Waals surface area (Å²) in [6.45, 7) is 7.40. The number of hydrogen-bond acceptors (Lipinski definition) is 3. The Morgan fingerprint density at radius 2 is 1.55 bits per heavy atom. The molecule has 0 atom stereocenters. The summed E-state index contributed by atoms with van der Waals surface area (Å²) in [6.07, 6.45) is 9.65. The first-order valence-electron chi connectivity index (χ1n) is 9.84. The highest BCUT2D eigenvalue weighted by molar-refractivity contribution is 5.92. The molecule has 2 N–H and O–H groups in total. The number of rotatable bonds is 11. The fourth-order valence-corrected chi connectivity index (χ4v) is 3.15. The molecule has 0 aliphatic heterocycles. The first kappa shape index (κ1) is 22.1. The molecule has 2 aromatic rings. The number of carbonyl (C=O) groups is 1. The van der Waals surface area contributed by atoms with E-state index in [9.17, 15) is 4.79 Å². The molecule has 0 bridgehead atoms. The maximum Gasteiger partial charge on any atom is 0.171 e. The number of carbonyl (C=O) groups excluding carboxylic acids is 1. The van der Waals surface area contributed by atoms with Crippen LogP contribution in [0.3, 0.4) is 0 Å². The molecular weight excluding hydrogens is 356 g/mol. The Kier molecular flexibility index (Phi) is 9.40. The third-order valence-corrected chi connectivity index (χ3v) is 4.34. The Bertz CT molecular complexity index is 823. The molecule has 0 spiro atoms. The van der Waals surface area contributed by atoms with Crippen molar-refractivity contribution in [3.05, 3.63) is 120 Å². The Hall–Kier alpha value is -3.17. The molecule has 0 heterocycles. The first-order chi connectivity index (χ1) is 14.1. The van der Waals surface area contributed by atoms with Gasteiger partial charge in [-0.15, -0.1) is 0 Å². The maximum absolute atomic E-state index is 12.7. The normalized spacial score (nSPS) is 12.5. The zero-order valence-corrected chi connectivity index (χ0v) is 17.1. The minimum Gasteiger partial charge on any atom is -0.402 e. The van der Waals surface area contributed by atoms with Gasteiger partial charge in [-0.25, -0.2) is 0 Å². The van der Waals surface area contributed by atoms with Crippen LogP contribution in [0.5, 0.6) is 0 Å². The molecule has 0 aromatic heterocycles. The smallest absolute Gasteiger partial charge is 0.171 e. The number of hydrogen-bond donors (Lipinski definition) is 1. The van der Waals surface area contributed by atoms with Crippen LogP contribution < -0.4 is 5.73 Å². The molecule has 0 aliphatic carbocycles. The van der Waals surface area contributed by atoms with Crippen molar-refractivity contribution in [1.82, 2.24) is 4.90 Å². The molecule has 0 fully saturated rings. The number of benzene rings is 2. The van der Waals surface area contributed by atoms with Gasteiger partial charge in [0.2, 0.25) is 0 Å². The summed E-state index contributed by atoms with van der Waals surface area (Å²) in [5.74, 6) is 0.00722. The van der Waals surface area contributed by atoms with Crippen LogP contribution in [-0.2, 0) is 17.9 Å². The molecule has 0 unspecified atom stereocenters. The third-order valence-electron chi connectivity index (χ3n) is 4.34. The Morgan fingerprint density at radius 3 is 2.03 bits per heavy atom. The third kappa shape index (κ3) is 8.58. The predicted octanol–water partition coefficient (Wildman–Crippen LogP) is 5.18. The average molecular weight is 387 g/mol. The lowest BCUT2D eigenvalue weighted by atomic mass is 10.1. The van der Waals surface area contributed by atoms with Gasteiger partial charge in [-0.2, -0.15) is 0 Å². The molecular formula is C26H30N2O. The van der Waals surface area contributed by atoms with Crippen LogP contribution in [0.2, 0.25) is 0 Å². The number of nitrogens with two attached hydrogens (primary N) is 1. The summed E-state index contributed by atoms with van der Waals surface area (Å²) in [5, 5.41) is 0. The molecule has 150 valence electrons. The first-order valence-corrected chi connectivity index (χ1v) is 9.84. The lowest BCUT2D eigenvalue weighted by Crippen LogP contribution is -2.28. The van der Waals surface area contributed by atoms with Crippen molar-refractivity contribution in [2.24, 2.45) is 5.73 Å². The van der Waals surface area contributed by atoms with Gasteiger partial charge in [0.25, 0.3) is 0 Å². The molecule has 0 saturated carbocycles. The molecule has 0 aliphatic rings. The van der Waals surface area contributed by atoms with E-state index in [-0.39, 0.29) is 5.78 Å². The average Bonchev–Trinajstić information content (AvgIpc) is 2.69. The summed E-state index contributed by atoms with van der Waals surface area (Å²) >= 11 is 0. The van der Waals surface area contributed by atoms with E-state index in [1.54, 1.807) is 12.2 Å². The highest BCUT2D eigenvalue weighted by atomic mass is 16.1. The van der Waals surface area contributed by atoms with Gasteiger partial charge in [-0.3, -0.25) is 9.69 Å². The van der Waals surface area contributed by atoms with Crippen molar-refractivity contribution in [3.8, 4) is 0 Å². The van der Waals surface area contributed by atoms with E-state index < -0.39 is 0 Å². The van der Waals surface area contributed by atoms with Gasteiger partial charge in [0.1, 0.15) is 0 Å². The van der Waals surface area contributed by atoms with Crippen molar-refractivity contribution < 1.29 is 4.79 Å². The van der Waals surface area contributed by atoms with E-state index in [1.807, 2.05) is 61.5 Å². The molecule has 2 rings (SSSR count). The minimum absolute atomic E-state index is 0.00722. The fourth-order valence-electron chi connectivity index (χ4n) is 3.15. The van der Waals surface area contributed by atoms with Gasteiger partial charge in [-0.05, 0) is 23.6 Å². The predicted molar refractivity (Wildman–Crippen MR) is 122 cm³/mol. The van der Waals surface area contributed by atoms with Gasteiger partial charge in [0.15, 0.2) is 5.78 Å². The van der Waals surface area contributed by atoms with Crippen LogP contribution >= 0.6 is 0 Å². The number of allylic oxidation sites excluding steroid dienone is 5. The SMILES string of the molecule is C=C/C=C(\C=C/C)C/C(N)=C/C(=O)CN(Cc1ccccc1)Cc1ccccc1. The van der Waals surface area contributed by atoms with Crippen LogP contribution in [0.25, 0.3) is 0 Å². The van der Waals surface area contributed by atoms with E-state index >= 15 is 0 Å². The summed E-state index contributed by atoms with van der Waals surface area (Å²) in [4.78, 5) is 14.8. The van der Waals surface area contributed by atoms with E-state index in [4.69, 9.17) is 5.73 Å². The highest BCUT2D eigenvalue weighted by Gasteiger charge is 2.11. The van der Waals surface area contributed by atoms with E-state index in [0.717, 1.165) is 5.57 Å². The van der Waals surface area contributed by atoms with Crippen LogP contribution in [0, 0.1) is 0 Å². The summed E-state index contributed by atoms with van der Waals surface area (Å²) in [5.41, 5.74) is 10.1. The van der Waals surface area contributed by atoms with E-state index in [2.05, 4.69) is 35.7 Å². The van der Waals surface area contributed by atoms with Crippen LogP contribution in [0.4, 0.5) is 0 Å². The Labute approximate surface area is 174 Å². The standard InChI is InChI=1S/C26H30N2O/c1-3-11-22(12-4-2)17-25(27)18-26(29)21-28(19-23-13-7-5-8-14-23)20-24-15-9-6-10-16-24/h3-16,18H,1,17,19-21,27H2,2H3/b12-4-,22-11+,25-18-.